The zero-order valence-corrected chi connectivity index (χ0v) is 11.7. The van der Waals surface area contributed by atoms with E-state index >= 15 is 0 Å². The minimum atomic E-state index is 0.156. The number of rotatable bonds is 1. The summed E-state index contributed by atoms with van der Waals surface area (Å²) < 4.78 is 0. The van der Waals surface area contributed by atoms with Crippen molar-refractivity contribution in [3.63, 3.8) is 0 Å². The minimum Gasteiger partial charge on any atom is -0.350 e. The second-order valence-electron chi connectivity index (χ2n) is 5.28. The topological polar surface area (TPSA) is 49.3 Å². The average Bonchev–Trinajstić information content (AvgIpc) is 2.86. The summed E-state index contributed by atoms with van der Waals surface area (Å²) in [7, 11) is 1.87. The Morgan fingerprint density at radius 2 is 2.00 bits per heavy atom. The molecule has 5 nitrogen and oxygen atoms in total. The first-order valence-electron chi connectivity index (χ1n) is 6.67. The van der Waals surface area contributed by atoms with Crippen LogP contribution in [0.5, 0.6) is 0 Å². The molecule has 1 aliphatic heterocycles. The lowest BCUT2D eigenvalue weighted by Gasteiger charge is -2.27. The van der Waals surface area contributed by atoms with E-state index < -0.39 is 0 Å². The fourth-order valence-corrected chi connectivity index (χ4v) is 3.21. The number of halogens is 1. The molecule has 0 unspecified atom stereocenters. The van der Waals surface area contributed by atoms with Crippen molar-refractivity contribution in [3.8, 4) is 0 Å². The highest BCUT2D eigenvalue weighted by atomic mass is 35.5. The molecule has 0 N–H and O–H groups in total. The molecule has 1 aliphatic carbocycles. The van der Waals surface area contributed by atoms with Crippen LogP contribution in [-0.4, -0.2) is 40.4 Å². The number of hydrogen-bond acceptors (Lipinski definition) is 4. The van der Waals surface area contributed by atoms with E-state index in [4.69, 9.17) is 11.6 Å². The lowest BCUT2D eigenvalue weighted by Crippen LogP contribution is -2.41. The van der Waals surface area contributed by atoms with Gasteiger partial charge in [-0.2, -0.15) is 0 Å². The molecule has 0 spiro atoms. The van der Waals surface area contributed by atoms with Gasteiger partial charge in [0.15, 0.2) is 0 Å². The summed E-state index contributed by atoms with van der Waals surface area (Å²) in [6.45, 7) is 0.889. The highest BCUT2D eigenvalue weighted by Gasteiger charge is 2.32. The third kappa shape index (κ3) is 2.27. The van der Waals surface area contributed by atoms with E-state index in [2.05, 4.69) is 9.97 Å². The molecule has 0 aromatic carbocycles. The number of anilines is 1. The Balaban J connectivity index is 1.97. The number of carbonyl (C=O) groups is 1. The van der Waals surface area contributed by atoms with Gasteiger partial charge in [-0.3, -0.25) is 4.79 Å². The molecule has 0 radical (unpaired) electrons. The zero-order valence-electron chi connectivity index (χ0n) is 11.0. The molecule has 3 rings (SSSR count). The van der Waals surface area contributed by atoms with Gasteiger partial charge in [-0.15, -0.1) is 0 Å². The first kappa shape index (κ1) is 12.7. The Bertz CT molecular complexity index is 501. The molecule has 1 aromatic rings. The standard InChI is InChI=1S/C13H17ClN4O/c1-17-7-11(19)18(9-4-2-3-5-9)6-10-12(14)15-8-16-13(10)17/h8-9H,2-7H2,1H3. The number of nitrogens with zero attached hydrogens (tertiary/aromatic N) is 4. The Morgan fingerprint density at radius 1 is 1.26 bits per heavy atom. The van der Waals surface area contributed by atoms with Gasteiger partial charge in [0, 0.05) is 13.1 Å². The van der Waals surface area contributed by atoms with Crippen molar-refractivity contribution < 1.29 is 4.79 Å². The normalized spacial score (nSPS) is 20.6. The second-order valence-corrected chi connectivity index (χ2v) is 5.64. The fourth-order valence-electron chi connectivity index (χ4n) is 3.02. The summed E-state index contributed by atoms with van der Waals surface area (Å²) >= 11 is 6.18. The molecule has 2 aliphatic rings. The molecule has 19 heavy (non-hydrogen) atoms. The maximum Gasteiger partial charge on any atom is 0.242 e. The van der Waals surface area contributed by atoms with E-state index in [0.717, 1.165) is 24.2 Å². The van der Waals surface area contributed by atoms with Crippen LogP contribution in [0.15, 0.2) is 6.33 Å². The summed E-state index contributed by atoms with van der Waals surface area (Å²) in [5, 5.41) is 0.453. The number of carbonyl (C=O) groups excluding carboxylic acids is 1. The maximum absolute atomic E-state index is 12.4. The maximum atomic E-state index is 12.4. The van der Waals surface area contributed by atoms with E-state index in [1.165, 1.54) is 19.2 Å². The van der Waals surface area contributed by atoms with Gasteiger partial charge < -0.3 is 9.80 Å². The molecule has 6 heteroatoms. The van der Waals surface area contributed by atoms with Crippen molar-refractivity contribution in [1.82, 2.24) is 14.9 Å². The van der Waals surface area contributed by atoms with Crippen molar-refractivity contribution in [3.05, 3.63) is 17.0 Å². The van der Waals surface area contributed by atoms with E-state index in [-0.39, 0.29) is 5.91 Å². The number of fused-ring (bicyclic) bond motifs is 1. The summed E-state index contributed by atoms with van der Waals surface area (Å²) in [5.41, 5.74) is 0.865. The monoisotopic (exact) mass is 280 g/mol. The zero-order chi connectivity index (χ0) is 13.4. The molecule has 102 valence electrons. The van der Waals surface area contributed by atoms with Crippen LogP contribution in [0.3, 0.4) is 0 Å². The fraction of sp³-hybridized carbons (Fsp3) is 0.615. The largest absolute Gasteiger partial charge is 0.350 e. The second kappa shape index (κ2) is 4.96. The smallest absolute Gasteiger partial charge is 0.242 e. The predicted octanol–water partition coefficient (Wildman–Crippen LogP) is 1.85. The lowest BCUT2D eigenvalue weighted by molar-refractivity contribution is -0.132. The van der Waals surface area contributed by atoms with Crippen LogP contribution in [0.25, 0.3) is 0 Å². The molecule has 1 aromatic heterocycles. The third-order valence-corrected chi connectivity index (χ3v) is 4.34. The highest BCUT2D eigenvalue weighted by Crippen LogP contribution is 2.31. The van der Waals surface area contributed by atoms with Gasteiger partial charge in [0.05, 0.1) is 18.7 Å². The molecular weight excluding hydrogens is 264 g/mol. The van der Waals surface area contributed by atoms with Crippen molar-refractivity contribution in [2.75, 3.05) is 18.5 Å². The number of hydrogen-bond donors (Lipinski definition) is 0. The molecular formula is C13H17ClN4O. The predicted molar refractivity (Wildman–Crippen MR) is 73.1 cm³/mol. The van der Waals surface area contributed by atoms with Gasteiger partial charge in [0.2, 0.25) is 5.91 Å². The van der Waals surface area contributed by atoms with Gasteiger partial charge >= 0.3 is 0 Å². The lowest BCUT2D eigenvalue weighted by atomic mass is 10.2. The molecule has 0 atom stereocenters. The minimum absolute atomic E-state index is 0.156. The van der Waals surface area contributed by atoms with Crippen molar-refractivity contribution in [2.24, 2.45) is 0 Å². The molecule has 1 saturated carbocycles. The summed E-state index contributed by atoms with van der Waals surface area (Å²) in [6, 6.07) is 0.350. The third-order valence-electron chi connectivity index (χ3n) is 4.02. The van der Waals surface area contributed by atoms with Crippen LogP contribution in [0.4, 0.5) is 5.82 Å². The summed E-state index contributed by atoms with van der Waals surface area (Å²) in [4.78, 5) is 24.5. The number of amides is 1. The van der Waals surface area contributed by atoms with Crippen molar-refractivity contribution >= 4 is 23.3 Å². The van der Waals surface area contributed by atoms with E-state index in [0.29, 0.717) is 24.3 Å². The van der Waals surface area contributed by atoms with Gasteiger partial charge in [-0.1, -0.05) is 24.4 Å². The van der Waals surface area contributed by atoms with Gasteiger partial charge in [-0.05, 0) is 12.8 Å². The van der Waals surface area contributed by atoms with Gasteiger partial charge in [-0.25, -0.2) is 9.97 Å². The molecule has 0 saturated heterocycles. The average molecular weight is 281 g/mol. The van der Waals surface area contributed by atoms with Crippen LogP contribution in [-0.2, 0) is 11.3 Å². The SMILES string of the molecule is CN1CC(=O)N(C2CCCC2)Cc2c(Cl)ncnc21. The molecule has 1 amide bonds. The Morgan fingerprint density at radius 3 is 2.74 bits per heavy atom. The van der Waals surface area contributed by atoms with Crippen LogP contribution in [0, 0.1) is 0 Å². The van der Waals surface area contributed by atoms with Crippen LogP contribution < -0.4 is 4.90 Å². The van der Waals surface area contributed by atoms with Crippen LogP contribution >= 0.6 is 11.6 Å². The Labute approximate surface area is 117 Å². The number of likely N-dealkylation sites (N-methyl/N-ethyl adjacent to an activating group) is 1. The number of aromatic nitrogens is 2. The quantitative estimate of drug-likeness (QED) is 0.737. The molecule has 1 fully saturated rings. The molecule has 0 bridgehead atoms. The molecule has 2 heterocycles. The van der Waals surface area contributed by atoms with Crippen molar-refractivity contribution in [2.45, 2.75) is 38.3 Å². The highest BCUT2D eigenvalue weighted by molar-refractivity contribution is 6.30. The van der Waals surface area contributed by atoms with Gasteiger partial charge in [0.25, 0.3) is 0 Å². The van der Waals surface area contributed by atoms with E-state index in [1.54, 1.807) is 0 Å². The van der Waals surface area contributed by atoms with Crippen molar-refractivity contribution in [1.29, 1.82) is 0 Å². The van der Waals surface area contributed by atoms with Gasteiger partial charge in [0.1, 0.15) is 17.3 Å². The van der Waals surface area contributed by atoms with E-state index in [9.17, 15) is 4.79 Å². The summed E-state index contributed by atoms with van der Waals surface area (Å²) in [5.74, 6) is 0.928. The Hall–Kier alpha value is -1.36. The van der Waals surface area contributed by atoms with E-state index in [1.807, 2.05) is 16.8 Å². The first-order valence-corrected chi connectivity index (χ1v) is 7.04. The Kier molecular flexibility index (Phi) is 3.31. The summed E-state index contributed by atoms with van der Waals surface area (Å²) in [6.07, 6.45) is 6.05. The van der Waals surface area contributed by atoms with Crippen LogP contribution in [0.1, 0.15) is 31.2 Å². The van der Waals surface area contributed by atoms with Crippen LogP contribution in [0.2, 0.25) is 5.15 Å². The first-order chi connectivity index (χ1) is 9.16.